The summed E-state index contributed by atoms with van der Waals surface area (Å²) in [5, 5.41) is 1.05. The highest BCUT2D eigenvalue weighted by atomic mass is 79.9. The molecule has 2 nitrogen and oxygen atoms in total. The fraction of sp³-hybridized carbons (Fsp3) is 0.0833. The molecule has 0 unspecified atom stereocenters. The van der Waals surface area contributed by atoms with Gasteiger partial charge < -0.3 is 4.74 Å². The van der Waals surface area contributed by atoms with E-state index in [4.69, 9.17) is 27.9 Å². The number of aryl methyl sites for hydroxylation is 1. The highest BCUT2D eigenvalue weighted by Crippen LogP contribution is 2.34. The van der Waals surface area contributed by atoms with Crippen molar-refractivity contribution in [3.63, 3.8) is 0 Å². The van der Waals surface area contributed by atoms with Crippen LogP contribution in [0.25, 0.3) is 0 Å². The highest BCUT2D eigenvalue weighted by Gasteiger charge is 2.09. The molecule has 0 aliphatic carbocycles. The first-order valence-corrected chi connectivity index (χ1v) is 6.37. The summed E-state index contributed by atoms with van der Waals surface area (Å²) >= 11 is 15.3. The van der Waals surface area contributed by atoms with Gasteiger partial charge in [0.05, 0.1) is 9.50 Å². The SMILES string of the molecule is Cc1ccnc(Oc2cc(Cl)ccc2Cl)c1Br. The molecule has 1 aromatic carbocycles. The Bertz CT molecular complexity index is 560. The number of nitrogens with zero attached hydrogens (tertiary/aromatic N) is 1. The summed E-state index contributed by atoms with van der Waals surface area (Å²) in [5.74, 6) is 0.951. The molecule has 0 aliphatic rings. The van der Waals surface area contributed by atoms with Gasteiger partial charge in [-0.3, -0.25) is 0 Å². The van der Waals surface area contributed by atoms with Crippen LogP contribution in [-0.2, 0) is 0 Å². The van der Waals surface area contributed by atoms with Crippen molar-refractivity contribution in [2.75, 3.05) is 0 Å². The molecule has 0 amide bonds. The fourth-order valence-corrected chi connectivity index (χ4v) is 1.88. The van der Waals surface area contributed by atoms with E-state index in [1.807, 2.05) is 13.0 Å². The zero-order chi connectivity index (χ0) is 12.4. The van der Waals surface area contributed by atoms with Crippen LogP contribution in [0.1, 0.15) is 5.56 Å². The van der Waals surface area contributed by atoms with Crippen LogP contribution in [0.4, 0.5) is 0 Å². The second kappa shape index (κ2) is 5.25. The maximum Gasteiger partial charge on any atom is 0.233 e. The molecule has 17 heavy (non-hydrogen) atoms. The summed E-state index contributed by atoms with van der Waals surface area (Å²) in [4.78, 5) is 4.13. The molecule has 0 saturated heterocycles. The van der Waals surface area contributed by atoms with Crippen molar-refractivity contribution < 1.29 is 4.74 Å². The molecule has 2 aromatic rings. The van der Waals surface area contributed by atoms with Crippen LogP contribution in [0.3, 0.4) is 0 Å². The minimum absolute atomic E-state index is 0.467. The van der Waals surface area contributed by atoms with Gasteiger partial charge in [-0.15, -0.1) is 0 Å². The Hall–Kier alpha value is -0.770. The van der Waals surface area contributed by atoms with Crippen molar-refractivity contribution in [2.24, 2.45) is 0 Å². The van der Waals surface area contributed by atoms with E-state index in [0.29, 0.717) is 21.7 Å². The summed E-state index contributed by atoms with van der Waals surface area (Å²) in [6.45, 7) is 1.96. The van der Waals surface area contributed by atoms with Crippen LogP contribution >= 0.6 is 39.1 Å². The van der Waals surface area contributed by atoms with Gasteiger partial charge in [0.25, 0.3) is 0 Å². The first-order chi connectivity index (χ1) is 8.08. The van der Waals surface area contributed by atoms with Crippen molar-refractivity contribution in [3.8, 4) is 11.6 Å². The van der Waals surface area contributed by atoms with E-state index in [1.54, 1.807) is 24.4 Å². The number of ether oxygens (including phenoxy) is 1. The summed E-state index contributed by atoms with van der Waals surface area (Å²) in [6.07, 6.45) is 1.67. The molecule has 5 heteroatoms. The van der Waals surface area contributed by atoms with Gasteiger partial charge in [0.2, 0.25) is 5.88 Å². The lowest BCUT2D eigenvalue weighted by Crippen LogP contribution is -1.91. The number of benzene rings is 1. The molecule has 2 rings (SSSR count). The van der Waals surface area contributed by atoms with Crippen LogP contribution in [0.5, 0.6) is 11.6 Å². The van der Waals surface area contributed by atoms with Crippen molar-refractivity contribution >= 4 is 39.1 Å². The summed E-state index contributed by atoms with van der Waals surface area (Å²) < 4.78 is 6.43. The van der Waals surface area contributed by atoms with Crippen molar-refractivity contribution in [1.82, 2.24) is 4.98 Å². The minimum atomic E-state index is 0.467. The van der Waals surface area contributed by atoms with Crippen LogP contribution < -0.4 is 4.74 Å². The maximum atomic E-state index is 6.01. The fourth-order valence-electron chi connectivity index (χ4n) is 1.25. The lowest BCUT2D eigenvalue weighted by molar-refractivity contribution is 0.459. The standard InChI is InChI=1S/C12H8BrCl2NO/c1-7-4-5-16-12(11(7)13)17-10-6-8(14)2-3-9(10)15/h2-6H,1H3. The molecule has 0 bridgehead atoms. The molecular weight excluding hydrogens is 325 g/mol. The zero-order valence-electron chi connectivity index (χ0n) is 8.88. The van der Waals surface area contributed by atoms with Gasteiger partial charge in [-0.2, -0.15) is 0 Å². The quantitative estimate of drug-likeness (QED) is 0.749. The molecule has 0 radical (unpaired) electrons. The molecule has 0 saturated carbocycles. The zero-order valence-corrected chi connectivity index (χ0v) is 12.0. The number of hydrogen-bond acceptors (Lipinski definition) is 2. The minimum Gasteiger partial charge on any atom is -0.436 e. The smallest absolute Gasteiger partial charge is 0.233 e. The second-order valence-corrected chi connectivity index (χ2v) is 5.06. The number of hydrogen-bond donors (Lipinski definition) is 0. The van der Waals surface area contributed by atoms with Crippen molar-refractivity contribution in [3.05, 3.63) is 50.5 Å². The van der Waals surface area contributed by atoms with E-state index in [2.05, 4.69) is 20.9 Å². The van der Waals surface area contributed by atoms with Gasteiger partial charge >= 0.3 is 0 Å². The Morgan fingerprint density at radius 2 is 2.00 bits per heavy atom. The Morgan fingerprint density at radius 3 is 2.76 bits per heavy atom. The highest BCUT2D eigenvalue weighted by molar-refractivity contribution is 9.10. The van der Waals surface area contributed by atoms with E-state index >= 15 is 0 Å². The maximum absolute atomic E-state index is 6.01. The summed E-state index contributed by atoms with van der Waals surface area (Å²) in [5.41, 5.74) is 1.04. The van der Waals surface area contributed by atoms with E-state index < -0.39 is 0 Å². The molecule has 0 fully saturated rings. The molecule has 1 heterocycles. The van der Waals surface area contributed by atoms with Crippen LogP contribution in [-0.4, -0.2) is 4.98 Å². The molecular formula is C12H8BrCl2NO. The van der Waals surface area contributed by atoms with Gasteiger partial charge in [-0.05, 0) is 46.6 Å². The van der Waals surface area contributed by atoms with Crippen LogP contribution in [0.15, 0.2) is 34.9 Å². The Morgan fingerprint density at radius 1 is 1.24 bits per heavy atom. The second-order valence-electron chi connectivity index (χ2n) is 3.42. The van der Waals surface area contributed by atoms with E-state index in [-0.39, 0.29) is 0 Å². The van der Waals surface area contributed by atoms with Crippen molar-refractivity contribution in [2.45, 2.75) is 6.92 Å². The van der Waals surface area contributed by atoms with Crippen LogP contribution in [0.2, 0.25) is 10.0 Å². The van der Waals surface area contributed by atoms with Crippen LogP contribution in [0, 0.1) is 6.92 Å². The monoisotopic (exact) mass is 331 g/mol. The normalized spacial score (nSPS) is 10.4. The number of aromatic nitrogens is 1. The average molecular weight is 333 g/mol. The van der Waals surface area contributed by atoms with E-state index in [1.165, 1.54) is 0 Å². The first-order valence-electron chi connectivity index (χ1n) is 4.82. The predicted octanol–water partition coefficient (Wildman–Crippen LogP) is 5.25. The lowest BCUT2D eigenvalue weighted by Gasteiger charge is -2.09. The topological polar surface area (TPSA) is 22.1 Å². The van der Waals surface area contributed by atoms with Gasteiger partial charge in [-0.25, -0.2) is 4.98 Å². The van der Waals surface area contributed by atoms with Gasteiger partial charge in [-0.1, -0.05) is 23.2 Å². The number of halogens is 3. The third kappa shape index (κ3) is 2.92. The Kier molecular flexibility index (Phi) is 3.92. The molecule has 0 N–H and O–H groups in total. The number of pyridine rings is 1. The summed E-state index contributed by atoms with van der Waals surface area (Å²) in [7, 11) is 0. The van der Waals surface area contributed by atoms with Gasteiger partial charge in [0, 0.05) is 17.3 Å². The molecule has 0 atom stereocenters. The first kappa shape index (κ1) is 12.7. The molecule has 88 valence electrons. The Labute approximate surface area is 118 Å². The average Bonchev–Trinajstić information content (AvgIpc) is 2.30. The molecule has 1 aromatic heterocycles. The molecule has 0 spiro atoms. The van der Waals surface area contributed by atoms with Gasteiger partial charge in [0.15, 0.2) is 0 Å². The van der Waals surface area contributed by atoms with E-state index in [0.717, 1.165) is 10.0 Å². The largest absolute Gasteiger partial charge is 0.436 e. The predicted molar refractivity (Wildman–Crippen MR) is 73.2 cm³/mol. The Balaban J connectivity index is 2.38. The van der Waals surface area contributed by atoms with Crippen molar-refractivity contribution in [1.29, 1.82) is 0 Å². The number of rotatable bonds is 2. The summed E-state index contributed by atoms with van der Waals surface area (Å²) in [6, 6.07) is 6.93. The molecule has 0 aliphatic heterocycles. The third-order valence-corrected chi connectivity index (χ3v) is 3.66. The lowest BCUT2D eigenvalue weighted by atomic mass is 10.3. The van der Waals surface area contributed by atoms with Gasteiger partial charge in [0.1, 0.15) is 5.75 Å². The third-order valence-electron chi connectivity index (χ3n) is 2.15. The van der Waals surface area contributed by atoms with E-state index in [9.17, 15) is 0 Å².